The van der Waals surface area contributed by atoms with Crippen LogP contribution in [0.2, 0.25) is 0 Å². The van der Waals surface area contributed by atoms with E-state index in [1.54, 1.807) is 0 Å². The van der Waals surface area contributed by atoms with E-state index < -0.39 is 5.41 Å². The summed E-state index contributed by atoms with van der Waals surface area (Å²) in [6.07, 6.45) is 2.88. The summed E-state index contributed by atoms with van der Waals surface area (Å²) < 4.78 is 4.98. The number of anilines is 1. The van der Waals surface area contributed by atoms with Gasteiger partial charge in [-0.3, -0.25) is 4.79 Å². The number of rotatable bonds is 2. The topological polar surface area (TPSA) is 55.4 Å². The number of methoxy groups -OCH3 is 1. The second-order valence-corrected chi connectivity index (χ2v) is 9.81. The number of carbonyl (C=O) groups excluding carboxylic acids is 2. The number of amides is 1. The average molecular weight is 352 g/mol. The molecule has 0 saturated heterocycles. The number of fused-ring (bicyclic) bond motifs is 1. The van der Waals surface area contributed by atoms with E-state index >= 15 is 0 Å². The standard InChI is InChI=1S/C19H29NO3S/c1-18(2,3)11-8-9-12-13(10-11)24-15(14(12)16(21)23-7)20-17(22)19(4,5)6/h11H,8-10H2,1-7H3,(H,20,22). The van der Waals surface area contributed by atoms with Gasteiger partial charge in [0.05, 0.1) is 12.7 Å². The largest absolute Gasteiger partial charge is 0.465 e. The Balaban J connectivity index is 2.41. The smallest absolute Gasteiger partial charge is 0.341 e. The van der Waals surface area contributed by atoms with Crippen molar-refractivity contribution in [3.8, 4) is 0 Å². The fourth-order valence-electron chi connectivity index (χ4n) is 3.02. The third-order valence-corrected chi connectivity index (χ3v) is 5.96. The van der Waals surface area contributed by atoms with E-state index in [4.69, 9.17) is 4.74 Å². The van der Waals surface area contributed by atoms with Crippen LogP contribution in [0.3, 0.4) is 0 Å². The minimum absolute atomic E-state index is 0.0846. The zero-order valence-corrected chi connectivity index (χ0v) is 16.6. The highest BCUT2D eigenvalue weighted by Gasteiger charge is 2.35. The highest BCUT2D eigenvalue weighted by atomic mass is 32.1. The van der Waals surface area contributed by atoms with Crippen LogP contribution in [0.5, 0.6) is 0 Å². The van der Waals surface area contributed by atoms with Crippen LogP contribution in [0.15, 0.2) is 0 Å². The summed E-state index contributed by atoms with van der Waals surface area (Å²) in [7, 11) is 1.39. The van der Waals surface area contributed by atoms with Gasteiger partial charge in [-0.15, -0.1) is 11.3 Å². The van der Waals surface area contributed by atoms with Crippen LogP contribution in [0.25, 0.3) is 0 Å². The summed E-state index contributed by atoms with van der Waals surface area (Å²) in [4.78, 5) is 25.9. The summed E-state index contributed by atoms with van der Waals surface area (Å²) in [5.74, 6) is 0.143. The molecule has 1 N–H and O–H groups in total. The van der Waals surface area contributed by atoms with Crippen LogP contribution in [0.4, 0.5) is 5.00 Å². The van der Waals surface area contributed by atoms with Gasteiger partial charge >= 0.3 is 5.97 Å². The number of nitrogens with one attached hydrogen (secondary N) is 1. The third kappa shape index (κ3) is 3.82. The molecule has 1 aliphatic carbocycles. The zero-order chi connectivity index (χ0) is 18.3. The Bertz CT molecular complexity index is 647. The van der Waals surface area contributed by atoms with Crippen LogP contribution in [0.1, 0.15) is 68.8 Å². The first-order chi connectivity index (χ1) is 10.9. The summed E-state index contributed by atoms with van der Waals surface area (Å²) in [6, 6.07) is 0. The van der Waals surface area contributed by atoms with E-state index in [-0.39, 0.29) is 17.3 Å². The maximum atomic E-state index is 12.4. The predicted octanol–water partition coefficient (Wildman–Crippen LogP) is 4.67. The fourth-order valence-corrected chi connectivity index (χ4v) is 4.33. The monoisotopic (exact) mass is 351 g/mol. The number of hydrogen-bond acceptors (Lipinski definition) is 4. The average Bonchev–Trinajstić information content (AvgIpc) is 2.81. The molecule has 2 rings (SSSR count). The number of thiophene rings is 1. The number of carbonyl (C=O) groups is 2. The lowest BCUT2D eigenvalue weighted by Crippen LogP contribution is -2.28. The minimum Gasteiger partial charge on any atom is -0.465 e. The van der Waals surface area contributed by atoms with Gasteiger partial charge in [-0.1, -0.05) is 41.5 Å². The molecule has 0 aromatic carbocycles. The Labute approximate surface area is 149 Å². The molecular weight excluding hydrogens is 322 g/mol. The predicted molar refractivity (Wildman–Crippen MR) is 98.7 cm³/mol. The van der Waals surface area contributed by atoms with Gasteiger partial charge in [0, 0.05) is 10.3 Å². The van der Waals surface area contributed by atoms with Gasteiger partial charge in [-0.25, -0.2) is 4.79 Å². The fraction of sp³-hybridized carbons (Fsp3) is 0.684. The van der Waals surface area contributed by atoms with Crippen molar-refractivity contribution < 1.29 is 14.3 Å². The molecule has 0 saturated carbocycles. The van der Waals surface area contributed by atoms with Gasteiger partial charge in [0.1, 0.15) is 5.00 Å². The second kappa shape index (κ2) is 6.51. The molecule has 1 aromatic rings. The van der Waals surface area contributed by atoms with E-state index in [1.807, 2.05) is 20.8 Å². The van der Waals surface area contributed by atoms with Crippen molar-refractivity contribution in [1.82, 2.24) is 0 Å². The molecule has 24 heavy (non-hydrogen) atoms. The minimum atomic E-state index is -0.508. The van der Waals surface area contributed by atoms with Crippen molar-refractivity contribution in [3.05, 3.63) is 16.0 Å². The van der Waals surface area contributed by atoms with Crippen LogP contribution in [-0.2, 0) is 22.4 Å². The molecule has 1 aliphatic rings. The Kier molecular flexibility index (Phi) is 5.14. The molecule has 0 spiro atoms. The zero-order valence-electron chi connectivity index (χ0n) is 15.8. The summed E-state index contributed by atoms with van der Waals surface area (Å²) in [5, 5.41) is 3.60. The lowest BCUT2D eigenvalue weighted by Gasteiger charge is -2.33. The van der Waals surface area contributed by atoms with Gasteiger partial charge in [0.25, 0.3) is 0 Å². The van der Waals surface area contributed by atoms with Gasteiger partial charge in [-0.2, -0.15) is 0 Å². The van der Waals surface area contributed by atoms with Crippen LogP contribution in [0, 0.1) is 16.7 Å². The second-order valence-electron chi connectivity index (χ2n) is 8.71. The van der Waals surface area contributed by atoms with Gasteiger partial charge in [0.2, 0.25) is 5.91 Å². The van der Waals surface area contributed by atoms with Crippen molar-refractivity contribution in [2.24, 2.45) is 16.7 Å². The van der Waals surface area contributed by atoms with Gasteiger partial charge in [-0.05, 0) is 36.2 Å². The SMILES string of the molecule is COC(=O)c1c(NC(=O)C(C)(C)C)sc2c1CCC(C(C)(C)C)C2. The van der Waals surface area contributed by atoms with Crippen LogP contribution in [-0.4, -0.2) is 19.0 Å². The summed E-state index contributed by atoms with van der Waals surface area (Å²) in [6.45, 7) is 12.4. The molecule has 0 aliphatic heterocycles. The Morgan fingerprint density at radius 2 is 1.79 bits per heavy atom. The molecule has 1 amide bonds. The summed E-state index contributed by atoms with van der Waals surface area (Å²) >= 11 is 1.54. The van der Waals surface area contributed by atoms with E-state index in [1.165, 1.54) is 23.3 Å². The quantitative estimate of drug-likeness (QED) is 0.788. The first-order valence-corrected chi connectivity index (χ1v) is 9.31. The van der Waals surface area contributed by atoms with Crippen molar-refractivity contribution in [3.63, 3.8) is 0 Å². The molecule has 1 heterocycles. The number of esters is 1. The first-order valence-electron chi connectivity index (χ1n) is 8.49. The Hall–Kier alpha value is -1.36. The lowest BCUT2D eigenvalue weighted by molar-refractivity contribution is -0.123. The first kappa shape index (κ1) is 19.0. The van der Waals surface area contributed by atoms with E-state index in [0.717, 1.165) is 24.8 Å². The van der Waals surface area contributed by atoms with E-state index in [0.29, 0.717) is 16.5 Å². The lowest BCUT2D eigenvalue weighted by atomic mass is 9.72. The highest BCUT2D eigenvalue weighted by molar-refractivity contribution is 7.17. The van der Waals surface area contributed by atoms with E-state index in [9.17, 15) is 9.59 Å². The third-order valence-electron chi connectivity index (χ3n) is 4.79. The molecule has 0 radical (unpaired) electrons. The van der Waals surface area contributed by atoms with Gasteiger partial charge < -0.3 is 10.1 Å². The normalized spacial score (nSPS) is 18.0. The molecule has 1 unspecified atom stereocenters. The maximum absolute atomic E-state index is 12.4. The Morgan fingerprint density at radius 1 is 1.17 bits per heavy atom. The molecule has 1 aromatic heterocycles. The van der Waals surface area contributed by atoms with Crippen LogP contribution >= 0.6 is 11.3 Å². The van der Waals surface area contributed by atoms with Crippen molar-refractivity contribution in [2.75, 3.05) is 12.4 Å². The maximum Gasteiger partial charge on any atom is 0.341 e. The molecular formula is C19H29NO3S. The van der Waals surface area contributed by atoms with Crippen molar-refractivity contribution in [1.29, 1.82) is 0 Å². The van der Waals surface area contributed by atoms with Crippen LogP contribution < -0.4 is 5.32 Å². The van der Waals surface area contributed by atoms with Crippen molar-refractivity contribution in [2.45, 2.75) is 60.8 Å². The summed E-state index contributed by atoms with van der Waals surface area (Å²) in [5.41, 5.74) is 1.35. The Morgan fingerprint density at radius 3 is 2.29 bits per heavy atom. The van der Waals surface area contributed by atoms with Gasteiger partial charge in [0.15, 0.2) is 0 Å². The van der Waals surface area contributed by atoms with E-state index in [2.05, 4.69) is 26.1 Å². The highest BCUT2D eigenvalue weighted by Crippen LogP contribution is 2.44. The molecule has 5 heteroatoms. The molecule has 0 fully saturated rings. The molecule has 1 atom stereocenters. The number of hydrogen-bond donors (Lipinski definition) is 1. The molecule has 4 nitrogen and oxygen atoms in total. The molecule has 134 valence electrons. The number of ether oxygens (including phenoxy) is 1. The molecule has 0 bridgehead atoms. The van der Waals surface area contributed by atoms with Crippen molar-refractivity contribution >= 4 is 28.2 Å².